The molecular weight excluding hydrogens is 374 g/mol. The highest BCUT2D eigenvalue weighted by molar-refractivity contribution is 8.00. The number of nitrogens with zero attached hydrogens (tertiary/aromatic N) is 1. The molecule has 0 N–H and O–H groups in total. The van der Waals surface area contributed by atoms with Crippen LogP contribution in [-0.2, 0) is 16.1 Å². The topological polar surface area (TPSA) is 48.0 Å². The monoisotopic (exact) mass is 401 g/mol. The van der Waals surface area contributed by atoms with E-state index in [-0.39, 0.29) is 12.0 Å². The Morgan fingerprint density at radius 2 is 1.93 bits per heavy atom. The van der Waals surface area contributed by atoms with Crippen LogP contribution in [0.2, 0.25) is 0 Å². The summed E-state index contributed by atoms with van der Waals surface area (Å²) in [6.45, 7) is 1.91. The zero-order valence-corrected chi connectivity index (χ0v) is 17.2. The summed E-state index contributed by atoms with van der Waals surface area (Å²) in [5.41, 5.74) is 1.01. The van der Waals surface area contributed by atoms with Gasteiger partial charge in [-0.25, -0.2) is 0 Å². The number of rotatable bonds is 9. The van der Waals surface area contributed by atoms with E-state index in [4.69, 9.17) is 14.2 Å². The average Bonchev–Trinajstić information content (AvgIpc) is 3.25. The Balaban J connectivity index is 1.66. The van der Waals surface area contributed by atoms with Gasteiger partial charge in [0.05, 0.1) is 26.1 Å². The lowest BCUT2D eigenvalue weighted by Crippen LogP contribution is -2.38. The van der Waals surface area contributed by atoms with Crippen LogP contribution in [0.3, 0.4) is 0 Å². The van der Waals surface area contributed by atoms with E-state index in [0.29, 0.717) is 18.8 Å². The summed E-state index contributed by atoms with van der Waals surface area (Å²) < 4.78 is 16.4. The Morgan fingerprint density at radius 1 is 1.14 bits per heavy atom. The fraction of sp³-hybridized carbons (Fsp3) is 0.409. The number of hydrogen-bond donors (Lipinski definition) is 0. The summed E-state index contributed by atoms with van der Waals surface area (Å²) in [5.74, 6) is 2.10. The number of carbonyl (C=O) groups excluding carboxylic acids is 1. The third-order valence-electron chi connectivity index (χ3n) is 4.78. The van der Waals surface area contributed by atoms with E-state index in [1.807, 2.05) is 53.4 Å². The number of thioether (sulfide) groups is 1. The Morgan fingerprint density at radius 3 is 2.61 bits per heavy atom. The van der Waals surface area contributed by atoms with E-state index >= 15 is 0 Å². The van der Waals surface area contributed by atoms with Gasteiger partial charge in [0.15, 0.2) is 0 Å². The summed E-state index contributed by atoms with van der Waals surface area (Å²) in [6.07, 6.45) is 2.17. The van der Waals surface area contributed by atoms with Crippen molar-refractivity contribution in [2.75, 3.05) is 33.1 Å². The first-order chi connectivity index (χ1) is 13.7. The quantitative estimate of drug-likeness (QED) is 0.595. The minimum Gasteiger partial charge on any atom is -0.497 e. The Bertz CT molecular complexity index is 759. The molecule has 1 atom stereocenters. The average molecular weight is 402 g/mol. The maximum Gasteiger partial charge on any atom is 0.233 e. The van der Waals surface area contributed by atoms with Crippen molar-refractivity contribution >= 4 is 17.7 Å². The van der Waals surface area contributed by atoms with Crippen molar-refractivity contribution in [1.29, 1.82) is 0 Å². The molecule has 1 unspecified atom stereocenters. The number of para-hydroxylation sites is 1. The molecule has 0 bridgehead atoms. The summed E-state index contributed by atoms with van der Waals surface area (Å²) in [6, 6.07) is 15.6. The first-order valence-electron chi connectivity index (χ1n) is 9.47. The number of hydrogen-bond acceptors (Lipinski definition) is 5. The SMILES string of the molecule is COc1ccc(SCC(=O)N(Cc2ccccc2OC)CC2CCCO2)cc1. The molecule has 1 heterocycles. The summed E-state index contributed by atoms with van der Waals surface area (Å²) in [7, 11) is 3.30. The van der Waals surface area contributed by atoms with Gasteiger partial charge in [0, 0.05) is 30.2 Å². The van der Waals surface area contributed by atoms with Crippen molar-refractivity contribution < 1.29 is 19.0 Å². The third kappa shape index (κ3) is 5.66. The first kappa shape index (κ1) is 20.6. The van der Waals surface area contributed by atoms with Crippen molar-refractivity contribution in [2.45, 2.75) is 30.4 Å². The van der Waals surface area contributed by atoms with E-state index in [9.17, 15) is 4.79 Å². The number of methoxy groups -OCH3 is 2. The van der Waals surface area contributed by atoms with Crippen LogP contribution in [0.25, 0.3) is 0 Å². The summed E-state index contributed by atoms with van der Waals surface area (Å²) in [4.78, 5) is 16.0. The van der Waals surface area contributed by atoms with Gasteiger partial charge in [-0.2, -0.15) is 0 Å². The van der Waals surface area contributed by atoms with Crippen LogP contribution < -0.4 is 9.47 Å². The maximum absolute atomic E-state index is 13.0. The normalized spacial score (nSPS) is 16.0. The molecule has 0 aliphatic carbocycles. The largest absolute Gasteiger partial charge is 0.497 e. The van der Waals surface area contributed by atoms with Gasteiger partial charge in [-0.1, -0.05) is 18.2 Å². The molecule has 2 aromatic carbocycles. The Hall–Kier alpha value is -2.18. The van der Waals surface area contributed by atoms with Crippen LogP contribution in [0, 0.1) is 0 Å². The summed E-state index contributed by atoms with van der Waals surface area (Å²) >= 11 is 1.54. The van der Waals surface area contributed by atoms with Crippen molar-refractivity contribution in [3.05, 3.63) is 54.1 Å². The fourth-order valence-corrected chi connectivity index (χ4v) is 4.04. The second-order valence-corrected chi connectivity index (χ2v) is 7.73. The van der Waals surface area contributed by atoms with Crippen LogP contribution in [0.5, 0.6) is 11.5 Å². The van der Waals surface area contributed by atoms with E-state index in [1.165, 1.54) is 11.8 Å². The lowest BCUT2D eigenvalue weighted by atomic mass is 10.1. The molecule has 1 aliphatic rings. The van der Waals surface area contributed by atoms with Gasteiger partial charge in [0.2, 0.25) is 5.91 Å². The van der Waals surface area contributed by atoms with Crippen LogP contribution >= 0.6 is 11.8 Å². The van der Waals surface area contributed by atoms with Crippen molar-refractivity contribution in [2.24, 2.45) is 0 Å². The number of ether oxygens (including phenoxy) is 3. The lowest BCUT2D eigenvalue weighted by molar-refractivity contribution is -0.130. The van der Waals surface area contributed by atoms with Gasteiger partial charge in [0.25, 0.3) is 0 Å². The molecule has 5 nitrogen and oxygen atoms in total. The molecule has 0 spiro atoms. The predicted molar refractivity (Wildman–Crippen MR) is 111 cm³/mol. The van der Waals surface area contributed by atoms with Crippen LogP contribution in [0.15, 0.2) is 53.4 Å². The molecule has 150 valence electrons. The maximum atomic E-state index is 13.0. The molecule has 1 saturated heterocycles. The van der Waals surface area contributed by atoms with Crippen molar-refractivity contribution in [1.82, 2.24) is 4.90 Å². The molecular formula is C22H27NO4S. The first-order valence-corrected chi connectivity index (χ1v) is 10.5. The van der Waals surface area contributed by atoms with E-state index in [0.717, 1.165) is 41.4 Å². The molecule has 0 aromatic heterocycles. The molecule has 1 aliphatic heterocycles. The van der Waals surface area contributed by atoms with E-state index in [1.54, 1.807) is 14.2 Å². The number of carbonyl (C=O) groups is 1. The Labute approximate surface area is 171 Å². The second kappa shape index (κ2) is 10.4. The number of benzene rings is 2. The van der Waals surface area contributed by atoms with E-state index in [2.05, 4.69) is 0 Å². The minimum atomic E-state index is 0.0993. The van der Waals surface area contributed by atoms with Gasteiger partial charge < -0.3 is 19.1 Å². The molecule has 0 saturated carbocycles. The zero-order chi connectivity index (χ0) is 19.8. The second-order valence-electron chi connectivity index (χ2n) is 6.69. The zero-order valence-electron chi connectivity index (χ0n) is 16.4. The molecule has 6 heteroatoms. The molecule has 1 fully saturated rings. The highest BCUT2D eigenvalue weighted by atomic mass is 32.2. The minimum absolute atomic E-state index is 0.0993. The van der Waals surface area contributed by atoms with Gasteiger partial charge in [0.1, 0.15) is 11.5 Å². The summed E-state index contributed by atoms with van der Waals surface area (Å²) in [5, 5.41) is 0. The van der Waals surface area contributed by atoms with Crippen LogP contribution in [0.1, 0.15) is 18.4 Å². The standard InChI is InChI=1S/C22H27NO4S/c1-25-18-9-11-20(12-10-18)28-16-22(24)23(15-19-7-5-13-27-19)14-17-6-3-4-8-21(17)26-2/h3-4,6,8-12,19H,5,7,13-16H2,1-2H3. The molecule has 28 heavy (non-hydrogen) atoms. The molecule has 1 amide bonds. The lowest BCUT2D eigenvalue weighted by Gasteiger charge is -2.26. The van der Waals surface area contributed by atoms with Crippen LogP contribution in [0.4, 0.5) is 0 Å². The van der Waals surface area contributed by atoms with Gasteiger partial charge in [-0.15, -0.1) is 11.8 Å². The van der Waals surface area contributed by atoms with Gasteiger partial charge >= 0.3 is 0 Å². The van der Waals surface area contributed by atoms with E-state index < -0.39 is 0 Å². The smallest absolute Gasteiger partial charge is 0.233 e. The molecule has 0 radical (unpaired) electrons. The molecule has 3 rings (SSSR count). The van der Waals surface area contributed by atoms with Gasteiger partial charge in [-0.05, 0) is 43.2 Å². The highest BCUT2D eigenvalue weighted by Gasteiger charge is 2.23. The van der Waals surface area contributed by atoms with Crippen molar-refractivity contribution in [3.8, 4) is 11.5 Å². The highest BCUT2D eigenvalue weighted by Crippen LogP contribution is 2.24. The molecule has 2 aromatic rings. The van der Waals surface area contributed by atoms with Crippen molar-refractivity contribution in [3.63, 3.8) is 0 Å². The van der Waals surface area contributed by atoms with Gasteiger partial charge in [-0.3, -0.25) is 4.79 Å². The number of amides is 1. The third-order valence-corrected chi connectivity index (χ3v) is 5.77. The predicted octanol–water partition coefficient (Wildman–Crippen LogP) is 4.00. The Kier molecular flexibility index (Phi) is 7.62. The fourth-order valence-electron chi connectivity index (χ4n) is 3.24. The van der Waals surface area contributed by atoms with Crippen LogP contribution in [-0.4, -0.2) is 50.0 Å².